The third-order valence-corrected chi connectivity index (χ3v) is 5.38. The molecule has 0 radical (unpaired) electrons. The van der Waals surface area contributed by atoms with Gasteiger partial charge in [0.05, 0.1) is 0 Å². The van der Waals surface area contributed by atoms with E-state index < -0.39 is 0 Å². The normalized spacial score (nSPS) is 14.7. The fourth-order valence-electron chi connectivity index (χ4n) is 3.00. The average Bonchev–Trinajstić information content (AvgIpc) is 3.12. The smallest absolute Gasteiger partial charge is 0.208 e. The van der Waals surface area contributed by atoms with Crippen LogP contribution >= 0.6 is 11.3 Å². The Morgan fingerprint density at radius 1 is 1.04 bits per heavy atom. The Morgan fingerprint density at radius 3 is 2.58 bits per heavy atom. The number of hydrogen-bond acceptors (Lipinski definition) is 7. The molecule has 1 fully saturated rings. The van der Waals surface area contributed by atoms with Crippen molar-refractivity contribution in [2.75, 3.05) is 36.0 Å². The number of rotatable bonds is 4. The van der Waals surface area contributed by atoms with Crippen LogP contribution in [0.4, 0.5) is 15.3 Å². The first kappa shape index (κ1) is 16.8. The van der Waals surface area contributed by atoms with E-state index in [1.165, 1.54) is 17.4 Å². The number of aryl methyl sites for hydroxylation is 1. The van der Waals surface area contributed by atoms with Gasteiger partial charge in [0.2, 0.25) is 5.13 Å². The summed E-state index contributed by atoms with van der Waals surface area (Å²) in [6, 6.07) is 8.75. The van der Waals surface area contributed by atoms with E-state index >= 15 is 0 Å². The fourth-order valence-corrected chi connectivity index (χ4v) is 3.91. The molecule has 3 aromatic rings. The molecule has 2 aromatic heterocycles. The number of halogens is 1. The first-order valence-electron chi connectivity index (χ1n) is 8.54. The predicted octanol–water partition coefficient (Wildman–Crippen LogP) is 2.69. The van der Waals surface area contributed by atoms with Crippen LogP contribution in [-0.4, -0.2) is 46.3 Å². The maximum Gasteiger partial charge on any atom is 0.208 e. The van der Waals surface area contributed by atoms with Crippen LogP contribution in [0.25, 0.3) is 0 Å². The van der Waals surface area contributed by atoms with Gasteiger partial charge in [-0.25, -0.2) is 14.4 Å². The number of piperazine rings is 1. The Morgan fingerprint density at radius 2 is 1.81 bits per heavy atom. The highest BCUT2D eigenvalue weighted by molar-refractivity contribution is 7.15. The van der Waals surface area contributed by atoms with E-state index in [-0.39, 0.29) is 5.82 Å². The van der Waals surface area contributed by atoms with Crippen molar-refractivity contribution in [3.63, 3.8) is 0 Å². The summed E-state index contributed by atoms with van der Waals surface area (Å²) >= 11 is 1.54. The highest BCUT2D eigenvalue weighted by Crippen LogP contribution is 2.25. The van der Waals surface area contributed by atoms with Gasteiger partial charge in [0.15, 0.2) is 0 Å². The van der Waals surface area contributed by atoms with Crippen LogP contribution in [0.5, 0.6) is 0 Å². The zero-order valence-electron chi connectivity index (χ0n) is 14.5. The van der Waals surface area contributed by atoms with Crippen molar-refractivity contribution in [3.8, 4) is 0 Å². The number of aromatic nitrogens is 4. The summed E-state index contributed by atoms with van der Waals surface area (Å²) in [7, 11) is 0. The fraction of sp³-hybridized carbons (Fsp3) is 0.333. The highest BCUT2D eigenvalue weighted by atomic mass is 32.1. The molecule has 1 aromatic carbocycles. The van der Waals surface area contributed by atoms with Crippen LogP contribution in [0.15, 0.2) is 36.5 Å². The lowest BCUT2D eigenvalue weighted by Crippen LogP contribution is -2.46. The van der Waals surface area contributed by atoms with Gasteiger partial charge in [-0.15, -0.1) is 10.2 Å². The number of anilines is 2. The van der Waals surface area contributed by atoms with E-state index in [4.69, 9.17) is 0 Å². The summed E-state index contributed by atoms with van der Waals surface area (Å²) in [5.41, 5.74) is 0.652. The van der Waals surface area contributed by atoms with Crippen molar-refractivity contribution >= 4 is 22.3 Å². The quantitative estimate of drug-likeness (QED) is 0.704. The molecular formula is C18H19FN6S. The Hall–Kier alpha value is -2.61. The second kappa shape index (κ2) is 7.33. The third-order valence-electron chi connectivity index (χ3n) is 4.39. The molecule has 8 heteroatoms. The molecule has 6 nitrogen and oxygen atoms in total. The molecule has 4 rings (SSSR count). The topological polar surface area (TPSA) is 58.0 Å². The van der Waals surface area contributed by atoms with E-state index in [1.807, 2.05) is 19.1 Å². The second-order valence-electron chi connectivity index (χ2n) is 6.18. The molecular weight excluding hydrogens is 351 g/mol. The predicted molar refractivity (Wildman–Crippen MR) is 100 cm³/mol. The standard InChI is InChI=1S/C18H19FN6S/c1-13-20-7-6-16(21-13)24-8-10-25(11-9-24)18-23-22-17(26-18)12-14-4-2-3-5-15(14)19/h2-7H,8-12H2,1H3. The van der Waals surface area contributed by atoms with E-state index in [2.05, 4.69) is 30.0 Å². The van der Waals surface area contributed by atoms with E-state index in [0.29, 0.717) is 12.0 Å². The van der Waals surface area contributed by atoms with Gasteiger partial charge in [-0.1, -0.05) is 29.5 Å². The molecule has 0 saturated carbocycles. The number of hydrogen-bond donors (Lipinski definition) is 0. The zero-order chi connectivity index (χ0) is 17.9. The molecule has 1 aliphatic heterocycles. The van der Waals surface area contributed by atoms with Crippen molar-refractivity contribution in [2.45, 2.75) is 13.3 Å². The van der Waals surface area contributed by atoms with Crippen LogP contribution in [0.2, 0.25) is 0 Å². The molecule has 0 N–H and O–H groups in total. The van der Waals surface area contributed by atoms with Gasteiger partial charge in [-0.05, 0) is 24.6 Å². The van der Waals surface area contributed by atoms with Crippen LogP contribution in [0.3, 0.4) is 0 Å². The van der Waals surface area contributed by atoms with E-state index in [9.17, 15) is 4.39 Å². The van der Waals surface area contributed by atoms with Gasteiger partial charge in [-0.2, -0.15) is 0 Å². The summed E-state index contributed by atoms with van der Waals surface area (Å²) < 4.78 is 13.8. The van der Waals surface area contributed by atoms with Crippen molar-refractivity contribution < 1.29 is 4.39 Å². The van der Waals surface area contributed by atoms with Crippen LogP contribution < -0.4 is 9.80 Å². The Bertz CT molecular complexity index is 891. The molecule has 3 heterocycles. The molecule has 0 amide bonds. The third kappa shape index (κ3) is 3.65. The molecule has 0 aliphatic carbocycles. The van der Waals surface area contributed by atoms with Crippen LogP contribution in [0.1, 0.15) is 16.4 Å². The summed E-state index contributed by atoms with van der Waals surface area (Å²) in [5, 5.41) is 10.3. The molecule has 0 bridgehead atoms. The molecule has 134 valence electrons. The summed E-state index contributed by atoms with van der Waals surface area (Å²) in [5.74, 6) is 1.56. The van der Waals surface area contributed by atoms with Crippen LogP contribution in [-0.2, 0) is 6.42 Å². The van der Waals surface area contributed by atoms with E-state index in [0.717, 1.165) is 48.0 Å². The maximum atomic E-state index is 13.8. The molecule has 26 heavy (non-hydrogen) atoms. The summed E-state index contributed by atoms with van der Waals surface area (Å²) in [6.07, 6.45) is 2.27. The van der Waals surface area contributed by atoms with Gasteiger partial charge < -0.3 is 9.80 Å². The molecule has 0 spiro atoms. The summed E-state index contributed by atoms with van der Waals surface area (Å²) in [6.45, 7) is 5.37. The SMILES string of the molecule is Cc1nccc(N2CCN(c3nnc(Cc4ccccc4F)s3)CC2)n1. The molecule has 0 unspecified atom stereocenters. The molecule has 1 aliphatic rings. The van der Waals surface area contributed by atoms with Gasteiger partial charge in [-0.3, -0.25) is 0 Å². The first-order chi connectivity index (χ1) is 12.7. The highest BCUT2D eigenvalue weighted by Gasteiger charge is 2.21. The van der Waals surface area contributed by atoms with E-state index in [1.54, 1.807) is 18.3 Å². The average molecular weight is 370 g/mol. The maximum absolute atomic E-state index is 13.8. The minimum atomic E-state index is -0.196. The van der Waals surface area contributed by atoms with Crippen LogP contribution in [0, 0.1) is 12.7 Å². The van der Waals surface area contributed by atoms with Crippen molar-refractivity contribution in [1.29, 1.82) is 0 Å². The second-order valence-corrected chi connectivity index (χ2v) is 7.22. The minimum absolute atomic E-state index is 0.196. The van der Waals surface area contributed by atoms with Crippen molar-refractivity contribution in [3.05, 3.63) is 58.7 Å². The summed E-state index contributed by atoms with van der Waals surface area (Å²) in [4.78, 5) is 13.1. The Labute approximate surface area is 155 Å². The van der Waals surface area contributed by atoms with Gasteiger partial charge in [0, 0.05) is 38.8 Å². The molecule has 1 saturated heterocycles. The van der Waals surface area contributed by atoms with Gasteiger partial charge >= 0.3 is 0 Å². The lowest BCUT2D eigenvalue weighted by Gasteiger charge is -2.35. The Kier molecular flexibility index (Phi) is 4.75. The first-order valence-corrected chi connectivity index (χ1v) is 9.36. The van der Waals surface area contributed by atoms with Gasteiger partial charge in [0.25, 0.3) is 0 Å². The minimum Gasteiger partial charge on any atom is -0.353 e. The van der Waals surface area contributed by atoms with Crippen molar-refractivity contribution in [1.82, 2.24) is 20.2 Å². The lowest BCUT2D eigenvalue weighted by molar-refractivity contribution is 0.613. The largest absolute Gasteiger partial charge is 0.353 e. The number of nitrogens with zero attached hydrogens (tertiary/aromatic N) is 6. The zero-order valence-corrected chi connectivity index (χ0v) is 15.3. The number of benzene rings is 1. The van der Waals surface area contributed by atoms with Crippen molar-refractivity contribution in [2.24, 2.45) is 0 Å². The van der Waals surface area contributed by atoms with Gasteiger partial charge in [0.1, 0.15) is 22.5 Å². The molecule has 0 atom stereocenters. The lowest BCUT2D eigenvalue weighted by atomic mass is 10.1. The monoisotopic (exact) mass is 370 g/mol. The Balaban J connectivity index is 1.39.